The number of rotatable bonds is 7. The highest BCUT2D eigenvalue weighted by Crippen LogP contribution is 2.29. The minimum absolute atomic E-state index is 0.0604. The summed E-state index contributed by atoms with van der Waals surface area (Å²) in [4.78, 5) is 16.6. The van der Waals surface area contributed by atoms with Gasteiger partial charge < -0.3 is 9.84 Å². The van der Waals surface area contributed by atoms with Gasteiger partial charge in [0.05, 0.1) is 17.1 Å². The summed E-state index contributed by atoms with van der Waals surface area (Å²) in [7, 11) is -2.40. The van der Waals surface area contributed by atoms with Gasteiger partial charge in [-0.2, -0.15) is 9.29 Å². The van der Waals surface area contributed by atoms with Crippen molar-refractivity contribution >= 4 is 33.4 Å². The lowest BCUT2D eigenvalue weighted by Gasteiger charge is -2.17. The summed E-state index contributed by atoms with van der Waals surface area (Å²) in [5.74, 6) is 0.316. The van der Waals surface area contributed by atoms with E-state index in [1.54, 1.807) is 6.07 Å². The van der Waals surface area contributed by atoms with Crippen LogP contribution < -0.4 is 5.32 Å². The molecule has 0 aliphatic rings. The van der Waals surface area contributed by atoms with Crippen LogP contribution in [0.25, 0.3) is 11.4 Å². The Labute approximate surface area is 179 Å². The number of hydrogen-bond donors (Lipinski definition) is 1. The summed E-state index contributed by atoms with van der Waals surface area (Å²) in [5.41, 5.74) is 2.26. The number of sulfonamides is 1. The maximum absolute atomic E-state index is 13.0. The number of nitrogens with zero attached hydrogens (tertiary/aromatic N) is 3. The molecule has 0 aliphatic carbocycles. The molecule has 30 heavy (non-hydrogen) atoms. The number of benzene rings is 2. The van der Waals surface area contributed by atoms with Gasteiger partial charge in [-0.3, -0.25) is 4.79 Å². The Kier molecular flexibility index (Phi) is 6.59. The van der Waals surface area contributed by atoms with Crippen LogP contribution in [0, 0.1) is 6.92 Å². The number of nitrogens with one attached hydrogen (secondary N) is 1. The van der Waals surface area contributed by atoms with E-state index in [-0.39, 0.29) is 23.2 Å². The van der Waals surface area contributed by atoms with Crippen LogP contribution in [0.5, 0.6) is 0 Å². The lowest BCUT2D eigenvalue weighted by Crippen LogP contribution is -2.26. The van der Waals surface area contributed by atoms with E-state index in [0.717, 1.165) is 20.3 Å². The van der Waals surface area contributed by atoms with Crippen LogP contribution >= 0.6 is 11.8 Å². The van der Waals surface area contributed by atoms with E-state index in [4.69, 9.17) is 4.52 Å². The number of carbonyl (C=O) groups is 1. The highest BCUT2D eigenvalue weighted by atomic mass is 32.2. The summed E-state index contributed by atoms with van der Waals surface area (Å²) >= 11 is 1.41. The maximum Gasteiger partial charge on any atom is 0.243 e. The summed E-state index contributed by atoms with van der Waals surface area (Å²) in [5, 5.41) is 6.64. The van der Waals surface area contributed by atoms with E-state index < -0.39 is 10.0 Å². The van der Waals surface area contributed by atoms with Crippen molar-refractivity contribution in [3.63, 3.8) is 0 Å². The third-order valence-electron chi connectivity index (χ3n) is 4.40. The van der Waals surface area contributed by atoms with Crippen LogP contribution in [0.4, 0.5) is 5.69 Å². The van der Waals surface area contributed by atoms with Crippen molar-refractivity contribution in [2.24, 2.45) is 0 Å². The number of aryl methyl sites for hydroxylation is 1. The standard InChI is InChI=1S/C20H22N4O4S2/c1-13-7-5-6-8-16(13)20-22-19(28-23-20)12-24(3)30(26,27)15-9-10-18(29-4)17(11-15)21-14(2)25/h5-11H,12H2,1-4H3,(H,21,25). The van der Waals surface area contributed by atoms with Crippen LogP contribution in [0.2, 0.25) is 0 Å². The fourth-order valence-electron chi connectivity index (χ4n) is 2.84. The maximum atomic E-state index is 13.0. The molecule has 1 aromatic heterocycles. The third kappa shape index (κ3) is 4.72. The molecule has 10 heteroatoms. The molecule has 8 nitrogen and oxygen atoms in total. The second kappa shape index (κ2) is 8.99. The molecule has 2 aromatic carbocycles. The Morgan fingerprint density at radius 1 is 1.23 bits per heavy atom. The topological polar surface area (TPSA) is 105 Å². The van der Waals surface area contributed by atoms with Gasteiger partial charge in [0.15, 0.2) is 0 Å². The molecule has 0 fully saturated rings. The smallest absolute Gasteiger partial charge is 0.243 e. The Morgan fingerprint density at radius 2 is 1.97 bits per heavy atom. The Morgan fingerprint density at radius 3 is 2.63 bits per heavy atom. The molecule has 0 saturated heterocycles. The number of anilines is 1. The first kappa shape index (κ1) is 22.0. The van der Waals surface area contributed by atoms with Gasteiger partial charge in [0, 0.05) is 24.4 Å². The monoisotopic (exact) mass is 446 g/mol. The number of thioether (sulfide) groups is 1. The third-order valence-corrected chi connectivity index (χ3v) is 7.00. The molecule has 0 bridgehead atoms. The van der Waals surface area contributed by atoms with Crippen LogP contribution in [-0.4, -0.2) is 42.1 Å². The molecule has 0 atom stereocenters. The average molecular weight is 447 g/mol. The second-order valence-corrected chi connectivity index (χ2v) is 9.52. The van der Waals surface area contributed by atoms with Crippen LogP contribution in [0.1, 0.15) is 18.4 Å². The Bertz CT molecular complexity index is 1180. The van der Waals surface area contributed by atoms with E-state index in [2.05, 4.69) is 15.5 Å². The summed E-state index contributed by atoms with van der Waals surface area (Å²) in [6.45, 7) is 3.23. The molecule has 1 amide bonds. The van der Waals surface area contributed by atoms with Crippen molar-refractivity contribution < 1.29 is 17.7 Å². The zero-order valence-corrected chi connectivity index (χ0v) is 18.7. The summed E-state index contributed by atoms with van der Waals surface area (Å²) < 4.78 is 32.4. The molecular formula is C20H22N4O4S2. The summed E-state index contributed by atoms with van der Waals surface area (Å²) in [6, 6.07) is 12.2. The van der Waals surface area contributed by atoms with Gasteiger partial charge in [-0.25, -0.2) is 8.42 Å². The van der Waals surface area contributed by atoms with E-state index in [0.29, 0.717) is 11.5 Å². The number of aromatic nitrogens is 2. The number of amides is 1. The molecule has 158 valence electrons. The number of hydrogen-bond acceptors (Lipinski definition) is 7. The van der Waals surface area contributed by atoms with Gasteiger partial charge in [0.2, 0.25) is 27.6 Å². The molecule has 3 aromatic rings. The van der Waals surface area contributed by atoms with Gasteiger partial charge >= 0.3 is 0 Å². The quantitative estimate of drug-likeness (QED) is 0.553. The Balaban J connectivity index is 1.84. The van der Waals surface area contributed by atoms with E-state index in [9.17, 15) is 13.2 Å². The first-order valence-corrected chi connectivity index (χ1v) is 11.7. The SMILES string of the molecule is CSc1ccc(S(=O)(=O)N(C)Cc2nc(-c3ccccc3C)no2)cc1NC(C)=O. The predicted octanol–water partition coefficient (Wildman–Crippen LogP) is 3.55. The molecule has 0 saturated carbocycles. The van der Waals surface area contributed by atoms with Crippen LogP contribution in [-0.2, 0) is 21.4 Å². The zero-order chi connectivity index (χ0) is 21.9. The lowest BCUT2D eigenvalue weighted by atomic mass is 10.1. The first-order chi connectivity index (χ1) is 14.2. The molecule has 0 unspecified atom stereocenters. The van der Waals surface area contributed by atoms with Crippen molar-refractivity contribution in [3.8, 4) is 11.4 Å². The lowest BCUT2D eigenvalue weighted by molar-refractivity contribution is -0.114. The van der Waals surface area contributed by atoms with Gasteiger partial charge in [-0.15, -0.1) is 11.8 Å². The van der Waals surface area contributed by atoms with E-state index >= 15 is 0 Å². The van der Waals surface area contributed by atoms with Crippen molar-refractivity contribution in [2.75, 3.05) is 18.6 Å². The van der Waals surface area contributed by atoms with E-state index in [1.165, 1.54) is 37.9 Å². The minimum atomic E-state index is -3.84. The summed E-state index contributed by atoms with van der Waals surface area (Å²) in [6.07, 6.45) is 1.85. The van der Waals surface area contributed by atoms with Gasteiger partial charge in [0.1, 0.15) is 0 Å². The van der Waals surface area contributed by atoms with Gasteiger partial charge in [-0.05, 0) is 36.9 Å². The van der Waals surface area contributed by atoms with Gasteiger partial charge in [0.25, 0.3) is 0 Å². The predicted molar refractivity (Wildman–Crippen MR) is 116 cm³/mol. The van der Waals surface area contributed by atoms with E-state index in [1.807, 2.05) is 37.4 Å². The molecule has 3 rings (SSSR count). The molecular weight excluding hydrogens is 424 g/mol. The largest absolute Gasteiger partial charge is 0.338 e. The molecule has 1 N–H and O–H groups in total. The Hall–Kier alpha value is -2.69. The number of carbonyl (C=O) groups excluding carboxylic acids is 1. The van der Waals surface area contributed by atoms with Crippen molar-refractivity contribution in [2.45, 2.75) is 30.2 Å². The minimum Gasteiger partial charge on any atom is -0.338 e. The fraction of sp³-hybridized carbons (Fsp3) is 0.250. The highest BCUT2D eigenvalue weighted by Gasteiger charge is 2.24. The second-order valence-electron chi connectivity index (χ2n) is 6.63. The van der Waals surface area contributed by atoms with Gasteiger partial charge in [-0.1, -0.05) is 29.4 Å². The van der Waals surface area contributed by atoms with Crippen LogP contribution in [0.15, 0.2) is 56.8 Å². The fourth-order valence-corrected chi connectivity index (χ4v) is 4.52. The molecule has 0 spiro atoms. The highest BCUT2D eigenvalue weighted by molar-refractivity contribution is 7.98. The average Bonchev–Trinajstić information content (AvgIpc) is 3.16. The molecule has 0 radical (unpaired) electrons. The normalized spacial score (nSPS) is 11.6. The van der Waals surface area contributed by atoms with Crippen molar-refractivity contribution in [1.29, 1.82) is 0 Å². The zero-order valence-electron chi connectivity index (χ0n) is 17.0. The van der Waals surface area contributed by atoms with Crippen molar-refractivity contribution in [3.05, 3.63) is 53.9 Å². The first-order valence-electron chi connectivity index (χ1n) is 9.03. The van der Waals surface area contributed by atoms with Crippen molar-refractivity contribution in [1.82, 2.24) is 14.4 Å². The molecule has 0 aliphatic heterocycles. The molecule has 1 heterocycles. The van der Waals surface area contributed by atoms with Crippen LogP contribution in [0.3, 0.4) is 0 Å².